The molecule has 1 aliphatic rings. The molecule has 94 valence electrons. The van der Waals surface area contributed by atoms with E-state index in [1.54, 1.807) is 0 Å². The summed E-state index contributed by atoms with van der Waals surface area (Å²) in [5, 5.41) is 4.64. The summed E-state index contributed by atoms with van der Waals surface area (Å²) >= 11 is 0. The van der Waals surface area contributed by atoms with Gasteiger partial charge in [0.2, 0.25) is 6.20 Å². The van der Waals surface area contributed by atoms with Crippen LogP contribution in [-0.2, 0) is 11.2 Å². The predicted molar refractivity (Wildman–Crippen MR) is 66.8 cm³/mol. The van der Waals surface area contributed by atoms with Gasteiger partial charge in [0.15, 0.2) is 6.04 Å². The quantitative estimate of drug-likeness (QED) is 0.736. The summed E-state index contributed by atoms with van der Waals surface area (Å²) in [6.07, 6.45) is 3.40. The lowest BCUT2D eigenvalue weighted by molar-refractivity contribution is -0.772. The number of ether oxygens (including phenoxy) is 1. The number of nitrogens with zero attached hydrogens (tertiary/aromatic N) is 2. The second-order valence-electron chi connectivity index (χ2n) is 5.51. The number of rotatable bonds is 2. The van der Waals surface area contributed by atoms with Crippen molar-refractivity contribution in [2.45, 2.75) is 53.2 Å². The summed E-state index contributed by atoms with van der Waals surface area (Å²) in [6, 6.07) is 0.397. The number of aromatic nitrogens is 2. The molecule has 0 saturated carbocycles. The summed E-state index contributed by atoms with van der Waals surface area (Å²) in [5.74, 6) is 0.511. The lowest BCUT2D eigenvalue weighted by atomic mass is 9.92. The fourth-order valence-corrected chi connectivity index (χ4v) is 2.46. The average molecular weight is 235 g/mol. The molecule has 0 fully saturated rings. The fraction of sp³-hybridized carbons (Fsp3) is 0.714. The van der Waals surface area contributed by atoms with Gasteiger partial charge in [-0.3, -0.25) is 0 Å². The van der Waals surface area contributed by atoms with E-state index in [1.165, 1.54) is 11.1 Å². The second kappa shape index (κ2) is 4.73. The van der Waals surface area contributed by atoms with E-state index in [2.05, 4.69) is 50.6 Å². The lowest BCUT2D eigenvalue weighted by Gasteiger charge is -2.28. The van der Waals surface area contributed by atoms with Gasteiger partial charge in [0, 0.05) is 0 Å². The molecule has 0 N–H and O–H groups in total. The SMILES string of the molecule is Cc1n[n+](C(C)C)cc2c1CCOC2C(C)C. The Hall–Kier alpha value is -0.960. The van der Waals surface area contributed by atoms with Crippen LogP contribution < -0.4 is 4.68 Å². The van der Waals surface area contributed by atoms with Crippen molar-refractivity contribution in [1.29, 1.82) is 0 Å². The lowest BCUT2D eigenvalue weighted by Crippen LogP contribution is -2.43. The van der Waals surface area contributed by atoms with Crippen LogP contribution in [0.3, 0.4) is 0 Å². The summed E-state index contributed by atoms with van der Waals surface area (Å²) in [7, 11) is 0. The van der Waals surface area contributed by atoms with Gasteiger partial charge in [0.1, 0.15) is 5.69 Å². The first kappa shape index (κ1) is 12.5. The van der Waals surface area contributed by atoms with Gasteiger partial charge in [-0.25, -0.2) is 0 Å². The zero-order valence-corrected chi connectivity index (χ0v) is 11.5. The molecule has 2 heterocycles. The van der Waals surface area contributed by atoms with Gasteiger partial charge < -0.3 is 4.74 Å². The molecule has 1 aromatic rings. The van der Waals surface area contributed by atoms with Gasteiger partial charge in [0.25, 0.3) is 0 Å². The molecule has 0 radical (unpaired) electrons. The Bertz CT molecular complexity index is 413. The molecule has 1 aromatic heterocycles. The number of hydrogen-bond donors (Lipinski definition) is 0. The van der Waals surface area contributed by atoms with E-state index in [9.17, 15) is 0 Å². The van der Waals surface area contributed by atoms with Crippen LogP contribution in [0.15, 0.2) is 6.20 Å². The highest BCUT2D eigenvalue weighted by molar-refractivity contribution is 5.30. The van der Waals surface area contributed by atoms with Crippen LogP contribution >= 0.6 is 0 Å². The number of aryl methyl sites for hydroxylation is 1. The molecule has 3 nitrogen and oxygen atoms in total. The first-order valence-electron chi connectivity index (χ1n) is 6.54. The summed E-state index contributed by atoms with van der Waals surface area (Å²) in [6.45, 7) is 11.7. The van der Waals surface area contributed by atoms with Gasteiger partial charge in [-0.2, -0.15) is 0 Å². The van der Waals surface area contributed by atoms with E-state index in [4.69, 9.17) is 4.74 Å². The van der Waals surface area contributed by atoms with Gasteiger partial charge in [-0.1, -0.05) is 18.5 Å². The van der Waals surface area contributed by atoms with Crippen molar-refractivity contribution >= 4 is 0 Å². The van der Waals surface area contributed by atoms with Crippen LogP contribution in [0.2, 0.25) is 0 Å². The molecule has 1 unspecified atom stereocenters. The third kappa shape index (κ3) is 2.34. The molecular weight excluding hydrogens is 212 g/mol. The number of hydrogen-bond acceptors (Lipinski definition) is 2. The van der Waals surface area contributed by atoms with Gasteiger partial charge in [0.05, 0.1) is 18.3 Å². The Balaban J connectivity index is 2.51. The van der Waals surface area contributed by atoms with Crippen LogP contribution in [0.25, 0.3) is 0 Å². The highest BCUT2D eigenvalue weighted by Crippen LogP contribution is 2.32. The normalized spacial score (nSPS) is 19.8. The fourth-order valence-electron chi connectivity index (χ4n) is 2.46. The van der Waals surface area contributed by atoms with Gasteiger partial charge >= 0.3 is 0 Å². The molecule has 0 bridgehead atoms. The molecule has 0 saturated heterocycles. The first-order valence-corrected chi connectivity index (χ1v) is 6.54. The predicted octanol–water partition coefficient (Wildman–Crippen LogP) is 2.53. The minimum atomic E-state index is 0.227. The Morgan fingerprint density at radius 1 is 1.35 bits per heavy atom. The topological polar surface area (TPSA) is 26.0 Å². The zero-order valence-electron chi connectivity index (χ0n) is 11.5. The molecule has 1 atom stereocenters. The van der Waals surface area contributed by atoms with Crippen molar-refractivity contribution in [3.05, 3.63) is 23.0 Å². The summed E-state index contributed by atoms with van der Waals surface area (Å²) < 4.78 is 7.97. The van der Waals surface area contributed by atoms with Crippen molar-refractivity contribution in [2.24, 2.45) is 5.92 Å². The maximum absolute atomic E-state index is 5.91. The van der Waals surface area contributed by atoms with Crippen LogP contribution in [0, 0.1) is 12.8 Å². The van der Waals surface area contributed by atoms with Crippen molar-refractivity contribution < 1.29 is 9.42 Å². The standard InChI is InChI=1S/C14H23N2O/c1-9(2)14-13-8-16(10(3)4)15-11(5)12(13)6-7-17-14/h8-10,14H,6-7H2,1-5H3/q+1. The van der Waals surface area contributed by atoms with E-state index in [-0.39, 0.29) is 6.10 Å². The van der Waals surface area contributed by atoms with Crippen LogP contribution in [0.4, 0.5) is 0 Å². The van der Waals surface area contributed by atoms with Crippen LogP contribution in [0.5, 0.6) is 0 Å². The smallest absolute Gasteiger partial charge is 0.202 e. The zero-order chi connectivity index (χ0) is 12.6. The Morgan fingerprint density at radius 3 is 2.65 bits per heavy atom. The van der Waals surface area contributed by atoms with E-state index in [1.807, 2.05) is 0 Å². The van der Waals surface area contributed by atoms with E-state index in [0.29, 0.717) is 12.0 Å². The van der Waals surface area contributed by atoms with Gasteiger partial charge in [-0.05, 0) is 43.8 Å². The van der Waals surface area contributed by atoms with Crippen molar-refractivity contribution in [3.63, 3.8) is 0 Å². The van der Waals surface area contributed by atoms with Crippen molar-refractivity contribution in [1.82, 2.24) is 5.10 Å². The van der Waals surface area contributed by atoms with Crippen molar-refractivity contribution in [3.8, 4) is 0 Å². The molecule has 0 amide bonds. The summed E-state index contributed by atoms with van der Waals surface area (Å²) in [5.41, 5.74) is 3.89. The first-order chi connectivity index (χ1) is 8.00. The average Bonchev–Trinajstić information content (AvgIpc) is 2.27. The maximum atomic E-state index is 5.91. The molecule has 2 rings (SSSR count). The van der Waals surface area contributed by atoms with Gasteiger partial charge in [-0.15, -0.1) is 0 Å². The molecular formula is C14H23N2O+. The minimum absolute atomic E-state index is 0.227. The molecule has 0 aromatic carbocycles. The number of fused-ring (bicyclic) bond motifs is 1. The van der Waals surface area contributed by atoms with E-state index >= 15 is 0 Å². The summed E-state index contributed by atoms with van der Waals surface area (Å²) in [4.78, 5) is 0. The highest BCUT2D eigenvalue weighted by atomic mass is 16.5. The largest absolute Gasteiger partial charge is 0.373 e. The molecule has 17 heavy (non-hydrogen) atoms. The minimum Gasteiger partial charge on any atom is -0.373 e. The molecule has 3 heteroatoms. The second-order valence-corrected chi connectivity index (χ2v) is 5.51. The third-order valence-electron chi connectivity index (χ3n) is 3.41. The molecule has 1 aliphatic heterocycles. The van der Waals surface area contributed by atoms with E-state index in [0.717, 1.165) is 18.7 Å². The molecule has 0 spiro atoms. The highest BCUT2D eigenvalue weighted by Gasteiger charge is 2.29. The maximum Gasteiger partial charge on any atom is 0.202 e. The van der Waals surface area contributed by atoms with Crippen molar-refractivity contribution in [2.75, 3.05) is 6.61 Å². The monoisotopic (exact) mass is 235 g/mol. The van der Waals surface area contributed by atoms with Crippen LogP contribution in [0.1, 0.15) is 56.7 Å². The van der Waals surface area contributed by atoms with E-state index < -0.39 is 0 Å². The Labute approximate surface area is 104 Å². The third-order valence-corrected chi connectivity index (χ3v) is 3.41. The Kier molecular flexibility index (Phi) is 3.48. The molecule has 0 aliphatic carbocycles. The Morgan fingerprint density at radius 2 is 2.06 bits per heavy atom. The van der Waals surface area contributed by atoms with Crippen LogP contribution in [-0.4, -0.2) is 11.7 Å².